The van der Waals surface area contributed by atoms with E-state index in [4.69, 9.17) is 4.74 Å². The van der Waals surface area contributed by atoms with E-state index in [1.807, 2.05) is 49.9 Å². The molecule has 0 radical (unpaired) electrons. The zero-order chi connectivity index (χ0) is 20.3. The van der Waals surface area contributed by atoms with Crippen LogP contribution < -0.4 is 0 Å². The SMILES string of the molecule is CC(C)(C)OC(=O)N1CCCC1Cc1ccc(I)cc1C(O)c1cccnc1. The van der Waals surface area contributed by atoms with E-state index in [9.17, 15) is 9.90 Å². The van der Waals surface area contributed by atoms with Crippen molar-refractivity contribution in [2.45, 2.75) is 57.8 Å². The summed E-state index contributed by atoms with van der Waals surface area (Å²) in [7, 11) is 0. The van der Waals surface area contributed by atoms with Crippen molar-refractivity contribution in [3.05, 3.63) is 63.0 Å². The van der Waals surface area contributed by atoms with Gasteiger partial charge in [0.15, 0.2) is 0 Å². The highest BCUT2D eigenvalue weighted by Gasteiger charge is 2.33. The average Bonchev–Trinajstić information content (AvgIpc) is 3.10. The van der Waals surface area contributed by atoms with Gasteiger partial charge in [0.05, 0.1) is 0 Å². The number of aliphatic hydroxyl groups excluding tert-OH is 1. The highest BCUT2D eigenvalue weighted by molar-refractivity contribution is 14.1. The van der Waals surface area contributed by atoms with Crippen LogP contribution in [0.25, 0.3) is 0 Å². The molecular weight excluding hydrogens is 467 g/mol. The molecule has 1 aliphatic rings. The fourth-order valence-electron chi connectivity index (χ4n) is 3.59. The van der Waals surface area contributed by atoms with Crippen LogP contribution in [0.5, 0.6) is 0 Å². The Kier molecular flexibility index (Phi) is 6.60. The smallest absolute Gasteiger partial charge is 0.410 e. The second-order valence-corrected chi connectivity index (χ2v) is 9.45. The number of nitrogens with zero attached hydrogens (tertiary/aromatic N) is 2. The summed E-state index contributed by atoms with van der Waals surface area (Å²) in [4.78, 5) is 18.6. The molecule has 0 aliphatic carbocycles. The Balaban J connectivity index is 1.83. The second-order valence-electron chi connectivity index (χ2n) is 8.21. The van der Waals surface area contributed by atoms with Crippen molar-refractivity contribution >= 4 is 28.7 Å². The molecule has 0 saturated carbocycles. The third kappa shape index (κ3) is 5.23. The van der Waals surface area contributed by atoms with E-state index >= 15 is 0 Å². The number of likely N-dealkylation sites (tertiary alicyclic amines) is 1. The molecule has 1 saturated heterocycles. The van der Waals surface area contributed by atoms with Crippen LogP contribution in [0.2, 0.25) is 0 Å². The first kappa shape index (κ1) is 21.0. The van der Waals surface area contributed by atoms with Gasteiger partial charge in [-0.3, -0.25) is 4.98 Å². The highest BCUT2D eigenvalue weighted by atomic mass is 127. The highest BCUT2D eigenvalue weighted by Crippen LogP contribution is 2.30. The van der Waals surface area contributed by atoms with Gasteiger partial charge < -0.3 is 14.7 Å². The van der Waals surface area contributed by atoms with E-state index in [0.29, 0.717) is 13.0 Å². The predicted molar refractivity (Wildman–Crippen MR) is 117 cm³/mol. The zero-order valence-corrected chi connectivity index (χ0v) is 18.7. The summed E-state index contributed by atoms with van der Waals surface area (Å²) in [5.41, 5.74) is 2.18. The number of aliphatic hydroxyl groups is 1. The summed E-state index contributed by atoms with van der Waals surface area (Å²) >= 11 is 2.26. The van der Waals surface area contributed by atoms with Crippen molar-refractivity contribution < 1.29 is 14.6 Å². The molecule has 28 heavy (non-hydrogen) atoms. The van der Waals surface area contributed by atoms with Gasteiger partial charge in [0.1, 0.15) is 11.7 Å². The lowest BCUT2D eigenvalue weighted by Gasteiger charge is -2.29. The van der Waals surface area contributed by atoms with Gasteiger partial charge in [-0.1, -0.05) is 12.1 Å². The zero-order valence-electron chi connectivity index (χ0n) is 16.6. The molecule has 6 heteroatoms. The molecule has 2 aromatic rings. The van der Waals surface area contributed by atoms with Crippen molar-refractivity contribution in [2.24, 2.45) is 0 Å². The van der Waals surface area contributed by atoms with Crippen molar-refractivity contribution in [2.75, 3.05) is 6.54 Å². The Morgan fingerprint density at radius 1 is 1.39 bits per heavy atom. The number of carbonyl (C=O) groups excluding carboxylic acids is 1. The Labute approximate surface area is 180 Å². The van der Waals surface area contributed by atoms with Crippen LogP contribution in [-0.4, -0.2) is 39.3 Å². The predicted octanol–water partition coefficient (Wildman–Crippen LogP) is 4.71. The van der Waals surface area contributed by atoms with Gasteiger partial charge in [-0.2, -0.15) is 0 Å². The lowest BCUT2D eigenvalue weighted by molar-refractivity contribution is 0.0226. The topological polar surface area (TPSA) is 62.7 Å². The number of hydrogen-bond acceptors (Lipinski definition) is 4. The summed E-state index contributed by atoms with van der Waals surface area (Å²) < 4.78 is 6.65. The van der Waals surface area contributed by atoms with Crippen molar-refractivity contribution in [1.29, 1.82) is 0 Å². The fraction of sp³-hybridized carbons (Fsp3) is 0.455. The van der Waals surface area contributed by atoms with E-state index in [-0.39, 0.29) is 12.1 Å². The Hall–Kier alpha value is -1.67. The first-order chi connectivity index (χ1) is 13.2. The summed E-state index contributed by atoms with van der Waals surface area (Å²) in [6.45, 7) is 6.37. The summed E-state index contributed by atoms with van der Waals surface area (Å²) in [5.74, 6) is 0. The molecule has 1 aromatic carbocycles. The number of aromatic nitrogens is 1. The van der Waals surface area contributed by atoms with E-state index in [1.165, 1.54) is 0 Å². The number of benzene rings is 1. The molecule has 3 rings (SSSR count). The molecule has 5 nitrogen and oxygen atoms in total. The van der Waals surface area contributed by atoms with Gasteiger partial charge in [-0.15, -0.1) is 0 Å². The van der Waals surface area contributed by atoms with Gasteiger partial charge in [0.2, 0.25) is 0 Å². The third-order valence-electron chi connectivity index (χ3n) is 4.86. The van der Waals surface area contributed by atoms with Crippen LogP contribution in [0.1, 0.15) is 56.4 Å². The summed E-state index contributed by atoms with van der Waals surface area (Å²) in [5, 5.41) is 11.0. The first-order valence-electron chi connectivity index (χ1n) is 9.60. The molecule has 150 valence electrons. The van der Waals surface area contributed by atoms with E-state index in [0.717, 1.165) is 33.1 Å². The van der Waals surface area contributed by atoms with Crippen LogP contribution in [0, 0.1) is 3.57 Å². The van der Waals surface area contributed by atoms with Crippen LogP contribution in [-0.2, 0) is 11.2 Å². The van der Waals surface area contributed by atoms with Crippen LogP contribution in [0.4, 0.5) is 4.79 Å². The van der Waals surface area contributed by atoms with Crippen molar-refractivity contribution in [1.82, 2.24) is 9.88 Å². The normalized spacial score (nSPS) is 18.2. The number of rotatable bonds is 4. The monoisotopic (exact) mass is 494 g/mol. The third-order valence-corrected chi connectivity index (χ3v) is 5.53. The van der Waals surface area contributed by atoms with Crippen LogP contribution in [0.3, 0.4) is 0 Å². The Morgan fingerprint density at radius 2 is 2.18 bits per heavy atom. The minimum atomic E-state index is -0.741. The standard InChI is InChI=1S/C22H27IN2O3/c1-22(2,3)28-21(27)25-11-5-7-18(25)12-15-8-9-17(23)13-19(15)20(26)16-6-4-10-24-14-16/h4,6,8-10,13-14,18,20,26H,5,7,11-12H2,1-3H3. The van der Waals surface area contributed by atoms with Crippen LogP contribution in [0.15, 0.2) is 42.7 Å². The maximum absolute atomic E-state index is 12.6. The first-order valence-corrected chi connectivity index (χ1v) is 10.7. The molecule has 1 amide bonds. The van der Waals surface area contributed by atoms with Crippen molar-refractivity contribution in [3.63, 3.8) is 0 Å². The quantitative estimate of drug-likeness (QED) is 0.626. The van der Waals surface area contributed by atoms with Crippen molar-refractivity contribution in [3.8, 4) is 0 Å². The molecule has 2 heterocycles. The molecular formula is C22H27IN2O3. The van der Waals surface area contributed by atoms with Gasteiger partial charge >= 0.3 is 6.09 Å². The number of ether oxygens (including phenoxy) is 1. The molecule has 1 N–H and O–H groups in total. The number of pyridine rings is 1. The maximum atomic E-state index is 12.6. The molecule has 0 bridgehead atoms. The van der Waals surface area contributed by atoms with Gasteiger partial charge in [0, 0.05) is 34.1 Å². The number of amides is 1. The molecule has 2 atom stereocenters. The largest absolute Gasteiger partial charge is 0.444 e. The minimum absolute atomic E-state index is 0.0785. The molecule has 1 aromatic heterocycles. The summed E-state index contributed by atoms with van der Waals surface area (Å²) in [6.07, 6.45) is 5.00. The molecule has 2 unspecified atom stereocenters. The average molecular weight is 494 g/mol. The maximum Gasteiger partial charge on any atom is 0.410 e. The second kappa shape index (κ2) is 8.78. The number of hydrogen-bond donors (Lipinski definition) is 1. The Bertz CT molecular complexity index is 820. The van der Waals surface area contributed by atoms with E-state index in [1.54, 1.807) is 12.4 Å². The van der Waals surface area contributed by atoms with Gasteiger partial charge in [0.25, 0.3) is 0 Å². The Morgan fingerprint density at radius 3 is 2.86 bits per heavy atom. The summed E-state index contributed by atoms with van der Waals surface area (Å²) in [6, 6.07) is 9.90. The fourth-order valence-corrected chi connectivity index (χ4v) is 4.10. The van der Waals surface area contributed by atoms with Gasteiger partial charge in [-0.05, 0) is 92.0 Å². The molecule has 0 spiro atoms. The number of carbonyl (C=O) groups is 1. The number of halogens is 1. The van der Waals surface area contributed by atoms with E-state index in [2.05, 4.69) is 33.6 Å². The lowest BCUT2D eigenvalue weighted by Crippen LogP contribution is -2.40. The molecule has 1 fully saturated rings. The van der Waals surface area contributed by atoms with E-state index < -0.39 is 11.7 Å². The molecule has 1 aliphatic heterocycles. The van der Waals surface area contributed by atoms with Crippen LogP contribution >= 0.6 is 22.6 Å². The minimum Gasteiger partial charge on any atom is -0.444 e. The lowest BCUT2D eigenvalue weighted by atomic mass is 9.93. The van der Waals surface area contributed by atoms with Gasteiger partial charge in [-0.25, -0.2) is 4.79 Å².